The molecule has 0 unspecified atom stereocenters. The van der Waals surface area contributed by atoms with Crippen molar-refractivity contribution in [2.75, 3.05) is 25.3 Å². The Morgan fingerprint density at radius 3 is 2.54 bits per heavy atom. The van der Waals surface area contributed by atoms with Crippen LogP contribution in [0.1, 0.15) is 5.56 Å². The first-order chi connectivity index (χ1) is 6.00. The average molecular weight is 183 g/mol. The summed E-state index contributed by atoms with van der Waals surface area (Å²) in [5.41, 5.74) is 10.3. The van der Waals surface area contributed by atoms with Crippen LogP contribution in [0.3, 0.4) is 0 Å². The molecule has 0 atom stereocenters. The van der Waals surface area contributed by atoms with Crippen molar-refractivity contribution >= 4 is 11.4 Å². The molecule has 72 valence electrons. The molecule has 0 aliphatic rings. The van der Waals surface area contributed by atoms with Gasteiger partial charge >= 0.3 is 0 Å². The lowest BCUT2D eigenvalue weighted by Gasteiger charge is -2.16. The SMILES string of the molecule is Cc1cc(NN(C)C)c(N)cc1F. The van der Waals surface area contributed by atoms with E-state index < -0.39 is 0 Å². The van der Waals surface area contributed by atoms with Crippen molar-refractivity contribution in [2.24, 2.45) is 0 Å². The largest absolute Gasteiger partial charge is 0.397 e. The fourth-order valence-corrected chi connectivity index (χ4v) is 1.03. The van der Waals surface area contributed by atoms with Crippen LogP contribution >= 0.6 is 0 Å². The number of hydrogen-bond donors (Lipinski definition) is 2. The van der Waals surface area contributed by atoms with Crippen molar-refractivity contribution in [3.63, 3.8) is 0 Å². The highest BCUT2D eigenvalue weighted by molar-refractivity contribution is 5.66. The lowest BCUT2D eigenvalue weighted by atomic mass is 10.2. The molecule has 0 radical (unpaired) electrons. The molecule has 0 saturated heterocycles. The molecule has 0 bridgehead atoms. The number of nitrogens with one attached hydrogen (secondary N) is 1. The van der Waals surface area contributed by atoms with Gasteiger partial charge in [-0.2, -0.15) is 0 Å². The molecule has 3 nitrogen and oxygen atoms in total. The third kappa shape index (κ3) is 2.32. The Kier molecular flexibility index (Phi) is 2.72. The molecule has 1 aromatic carbocycles. The van der Waals surface area contributed by atoms with E-state index in [0.717, 1.165) is 5.69 Å². The van der Waals surface area contributed by atoms with Crippen molar-refractivity contribution in [3.8, 4) is 0 Å². The Morgan fingerprint density at radius 2 is 2.00 bits per heavy atom. The number of nitrogens with two attached hydrogens (primary N) is 1. The summed E-state index contributed by atoms with van der Waals surface area (Å²) in [4.78, 5) is 0. The highest BCUT2D eigenvalue weighted by atomic mass is 19.1. The zero-order chi connectivity index (χ0) is 10.0. The lowest BCUT2D eigenvalue weighted by molar-refractivity contribution is 0.495. The van der Waals surface area contributed by atoms with Crippen LogP contribution in [0.25, 0.3) is 0 Å². The minimum atomic E-state index is -0.276. The second-order valence-electron chi connectivity index (χ2n) is 3.19. The van der Waals surface area contributed by atoms with Gasteiger partial charge in [-0.3, -0.25) is 0 Å². The summed E-state index contributed by atoms with van der Waals surface area (Å²) in [5, 5.41) is 1.75. The zero-order valence-electron chi connectivity index (χ0n) is 8.06. The average Bonchev–Trinajstić information content (AvgIpc) is 1.99. The van der Waals surface area contributed by atoms with Gasteiger partial charge in [-0.1, -0.05) is 0 Å². The lowest BCUT2D eigenvalue weighted by Crippen LogP contribution is -2.20. The van der Waals surface area contributed by atoms with Gasteiger partial charge in [-0.25, -0.2) is 9.40 Å². The van der Waals surface area contributed by atoms with E-state index in [1.54, 1.807) is 18.0 Å². The second kappa shape index (κ2) is 3.62. The molecule has 3 N–H and O–H groups in total. The first-order valence-electron chi connectivity index (χ1n) is 4.00. The third-order valence-electron chi connectivity index (χ3n) is 1.67. The number of aryl methyl sites for hydroxylation is 1. The molecule has 0 heterocycles. The Hall–Kier alpha value is -1.29. The maximum Gasteiger partial charge on any atom is 0.128 e. The van der Waals surface area contributed by atoms with Crippen molar-refractivity contribution in [3.05, 3.63) is 23.5 Å². The van der Waals surface area contributed by atoms with E-state index in [1.807, 2.05) is 14.1 Å². The Balaban J connectivity index is 3.01. The molecule has 1 aromatic rings. The van der Waals surface area contributed by atoms with Gasteiger partial charge in [0.25, 0.3) is 0 Å². The predicted octanol–water partition coefficient (Wildman–Crippen LogP) is 1.60. The first-order valence-corrected chi connectivity index (χ1v) is 4.00. The van der Waals surface area contributed by atoms with Gasteiger partial charge in [0.2, 0.25) is 0 Å². The van der Waals surface area contributed by atoms with E-state index in [-0.39, 0.29) is 5.82 Å². The van der Waals surface area contributed by atoms with Gasteiger partial charge < -0.3 is 11.2 Å². The molecule has 0 spiro atoms. The van der Waals surface area contributed by atoms with E-state index in [0.29, 0.717) is 11.3 Å². The van der Waals surface area contributed by atoms with Crippen molar-refractivity contribution in [1.29, 1.82) is 0 Å². The van der Waals surface area contributed by atoms with Crippen LogP contribution in [-0.4, -0.2) is 19.1 Å². The third-order valence-corrected chi connectivity index (χ3v) is 1.67. The van der Waals surface area contributed by atoms with Crippen LogP contribution in [0.5, 0.6) is 0 Å². The van der Waals surface area contributed by atoms with E-state index >= 15 is 0 Å². The Labute approximate surface area is 77.3 Å². The van der Waals surface area contributed by atoms with Gasteiger partial charge in [-0.05, 0) is 24.6 Å². The minimum absolute atomic E-state index is 0.276. The predicted molar refractivity (Wildman–Crippen MR) is 52.9 cm³/mol. The normalized spacial score (nSPS) is 10.5. The summed E-state index contributed by atoms with van der Waals surface area (Å²) < 4.78 is 13.0. The van der Waals surface area contributed by atoms with Gasteiger partial charge in [0.05, 0.1) is 11.4 Å². The summed E-state index contributed by atoms with van der Waals surface area (Å²) in [6, 6.07) is 3.01. The van der Waals surface area contributed by atoms with Gasteiger partial charge in [0, 0.05) is 14.1 Å². The van der Waals surface area contributed by atoms with Crippen molar-refractivity contribution in [1.82, 2.24) is 5.01 Å². The molecular formula is C9H14FN3. The molecule has 13 heavy (non-hydrogen) atoms. The molecule has 0 fully saturated rings. The molecular weight excluding hydrogens is 169 g/mol. The fraction of sp³-hybridized carbons (Fsp3) is 0.333. The van der Waals surface area contributed by atoms with Gasteiger partial charge in [-0.15, -0.1) is 0 Å². The van der Waals surface area contributed by atoms with E-state index in [9.17, 15) is 4.39 Å². The summed E-state index contributed by atoms with van der Waals surface area (Å²) >= 11 is 0. The smallest absolute Gasteiger partial charge is 0.128 e. The number of halogens is 1. The number of hydrazine groups is 1. The highest BCUT2D eigenvalue weighted by Crippen LogP contribution is 2.22. The first kappa shape index (κ1) is 9.80. The zero-order valence-corrected chi connectivity index (χ0v) is 8.06. The summed E-state index contributed by atoms with van der Waals surface area (Å²) in [6.07, 6.45) is 0. The number of nitrogens with zero attached hydrogens (tertiary/aromatic N) is 1. The molecule has 4 heteroatoms. The molecule has 1 rings (SSSR count). The standard InChI is InChI=1S/C9H14FN3/c1-6-4-9(12-13(2)3)8(11)5-7(6)10/h4-5,12H,11H2,1-3H3. The van der Waals surface area contributed by atoms with Crippen LogP contribution in [-0.2, 0) is 0 Å². The minimum Gasteiger partial charge on any atom is -0.397 e. The highest BCUT2D eigenvalue weighted by Gasteiger charge is 2.04. The number of anilines is 2. The molecule has 0 aromatic heterocycles. The van der Waals surface area contributed by atoms with Crippen LogP contribution < -0.4 is 11.2 Å². The topological polar surface area (TPSA) is 41.3 Å². The summed E-state index contributed by atoms with van der Waals surface area (Å²) in [5.74, 6) is -0.276. The molecule has 0 aliphatic heterocycles. The summed E-state index contributed by atoms with van der Waals surface area (Å²) in [6.45, 7) is 1.70. The Bertz CT molecular complexity index is 310. The van der Waals surface area contributed by atoms with Crippen LogP contribution in [0.2, 0.25) is 0 Å². The van der Waals surface area contributed by atoms with Crippen LogP contribution in [0.15, 0.2) is 12.1 Å². The summed E-state index contributed by atoms with van der Waals surface area (Å²) in [7, 11) is 3.69. The molecule has 0 saturated carbocycles. The van der Waals surface area contributed by atoms with Gasteiger partial charge in [0.1, 0.15) is 5.82 Å². The number of nitrogen functional groups attached to an aromatic ring is 1. The number of hydrogen-bond acceptors (Lipinski definition) is 3. The van der Waals surface area contributed by atoms with Crippen LogP contribution in [0, 0.1) is 12.7 Å². The maximum atomic E-state index is 13.0. The van der Waals surface area contributed by atoms with E-state index in [2.05, 4.69) is 5.43 Å². The van der Waals surface area contributed by atoms with E-state index in [4.69, 9.17) is 5.73 Å². The number of rotatable bonds is 2. The maximum absolute atomic E-state index is 13.0. The van der Waals surface area contributed by atoms with Crippen molar-refractivity contribution < 1.29 is 4.39 Å². The van der Waals surface area contributed by atoms with Crippen molar-refractivity contribution in [2.45, 2.75) is 6.92 Å². The van der Waals surface area contributed by atoms with Gasteiger partial charge in [0.15, 0.2) is 0 Å². The monoisotopic (exact) mass is 183 g/mol. The fourth-order valence-electron chi connectivity index (χ4n) is 1.03. The quantitative estimate of drug-likeness (QED) is 0.540. The molecule has 0 aliphatic carbocycles. The number of benzene rings is 1. The molecule has 0 amide bonds. The second-order valence-corrected chi connectivity index (χ2v) is 3.19. The Morgan fingerprint density at radius 1 is 1.38 bits per heavy atom. The van der Waals surface area contributed by atoms with E-state index in [1.165, 1.54) is 6.07 Å². The van der Waals surface area contributed by atoms with Crippen LogP contribution in [0.4, 0.5) is 15.8 Å².